The molecule has 1 saturated heterocycles. The Labute approximate surface area is 148 Å². The van der Waals surface area contributed by atoms with E-state index in [2.05, 4.69) is 26.8 Å². The van der Waals surface area contributed by atoms with Crippen LogP contribution in [0.2, 0.25) is 0 Å². The molecule has 1 aliphatic heterocycles. The fraction of sp³-hybridized carbons (Fsp3) is 0.474. The zero-order valence-corrected chi connectivity index (χ0v) is 14.9. The molecule has 134 valence electrons. The summed E-state index contributed by atoms with van der Waals surface area (Å²) < 4.78 is 19.2. The molecule has 0 N–H and O–H groups in total. The summed E-state index contributed by atoms with van der Waals surface area (Å²) in [4.78, 5) is 13.1. The van der Waals surface area contributed by atoms with Crippen molar-refractivity contribution in [1.29, 1.82) is 0 Å². The van der Waals surface area contributed by atoms with Gasteiger partial charge in [0.05, 0.1) is 6.61 Å². The standard InChI is InChI=1S/C19H25FN4O/c1-3-25-19-21-11-8-18(22-19)24-12-9-16(10-13-24)23(2)14-15-6-4-5-7-17(15)20/h4-8,11,16H,3,9-10,12-14H2,1-2H3. The zero-order chi connectivity index (χ0) is 17.6. The van der Waals surface area contributed by atoms with Crippen molar-refractivity contribution < 1.29 is 9.13 Å². The highest BCUT2D eigenvalue weighted by molar-refractivity contribution is 5.38. The highest BCUT2D eigenvalue weighted by Crippen LogP contribution is 2.23. The van der Waals surface area contributed by atoms with Crippen molar-refractivity contribution in [2.24, 2.45) is 0 Å². The highest BCUT2D eigenvalue weighted by atomic mass is 19.1. The van der Waals surface area contributed by atoms with Gasteiger partial charge in [-0.05, 0) is 38.9 Å². The fourth-order valence-electron chi connectivity index (χ4n) is 3.27. The Kier molecular flexibility index (Phi) is 5.81. The molecular weight excluding hydrogens is 319 g/mol. The summed E-state index contributed by atoms with van der Waals surface area (Å²) in [5.74, 6) is 0.782. The predicted molar refractivity (Wildman–Crippen MR) is 96.3 cm³/mol. The predicted octanol–water partition coefficient (Wildman–Crippen LogP) is 3.12. The maximum atomic E-state index is 13.8. The van der Waals surface area contributed by atoms with Crippen molar-refractivity contribution >= 4 is 5.82 Å². The molecule has 3 rings (SSSR count). The summed E-state index contributed by atoms with van der Waals surface area (Å²) in [6, 6.07) is 9.80. The minimum absolute atomic E-state index is 0.128. The average molecular weight is 344 g/mol. The fourth-order valence-corrected chi connectivity index (χ4v) is 3.27. The van der Waals surface area contributed by atoms with Crippen LogP contribution in [0, 0.1) is 5.82 Å². The number of halogens is 1. The van der Waals surface area contributed by atoms with Crippen LogP contribution in [0.15, 0.2) is 36.5 Å². The summed E-state index contributed by atoms with van der Waals surface area (Å²) >= 11 is 0. The van der Waals surface area contributed by atoms with E-state index in [1.54, 1.807) is 12.3 Å². The Bertz CT molecular complexity index is 689. The molecule has 0 saturated carbocycles. The first-order valence-electron chi connectivity index (χ1n) is 8.82. The zero-order valence-electron chi connectivity index (χ0n) is 14.9. The molecule has 5 nitrogen and oxygen atoms in total. The van der Waals surface area contributed by atoms with Crippen LogP contribution in [-0.2, 0) is 6.54 Å². The van der Waals surface area contributed by atoms with E-state index in [0.717, 1.165) is 37.3 Å². The molecule has 1 aliphatic rings. The third-order valence-corrected chi connectivity index (χ3v) is 4.68. The number of nitrogens with zero attached hydrogens (tertiary/aromatic N) is 4. The van der Waals surface area contributed by atoms with Gasteiger partial charge < -0.3 is 9.64 Å². The number of hydrogen-bond acceptors (Lipinski definition) is 5. The van der Waals surface area contributed by atoms with Gasteiger partial charge in [0.2, 0.25) is 0 Å². The molecule has 1 aromatic carbocycles. The van der Waals surface area contributed by atoms with Gasteiger partial charge in [-0.3, -0.25) is 4.90 Å². The molecule has 0 bridgehead atoms. The van der Waals surface area contributed by atoms with Crippen molar-refractivity contribution in [3.63, 3.8) is 0 Å². The van der Waals surface area contributed by atoms with Crippen molar-refractivity contribution in [2.75, 3.05) is 31.6 Å². The number of hydrogen-bond donors (Lipinski definition) is 0. The lowest BCUT2D eigenvalue weighted by Gasteiger charge is -2.37. The second kappa shape index (κ2) is 8.25. The second-order valence-corrected chi connectivity index (χ2v) is 6.36. The molecular formula is C19H25FN4O. The normalized spacial score (nSPS) is 15.6. The van der Waals surface area contributed by atoms with Crippen LogP contribution in [0.3, 0.4) is 0 Å². The lowest BCUT2D eigenvalue weighted by molar-refractivity contribution is 0.198. The molecule has 0 radical (unpaired) electrons. The van der Waals surface area contributed by atoms with Gasteiger partial charge in [0.1, 0.15) is 11.6 Å². The van der Waals surface area contributed by atoms with Crippen LogP contribution in [0.25, 0.3) is 0 Å². The van der Waals surface area contributed by atoms with Gasteiger partial charge in [-0.2, -0.15) is 4.98 Å². The van der Waals surface area contributed by atoms with Crippen molar-refractivity contribution in [3.05, 3.63) is 47.9 Å². The summed E-state index contributed by atoms with van der Waals surface area (Å²) in [7, 11) is 2.07. The van der Waals surface area contributed by atoms with Crippen LogP contribution in [0.4, 0.5) is 10.2 Å². The minimum Gasteiger partial charge on any atom is -0.464 e. The van der Waals surface area contributed by atoms with Crippen LogP contribution in [0.5, 0.6) is 6.01 Å². The largest absolute Gasteiger partial charge is 0.464 e. The van der Waals surface area contributed by atoms with Gasteiger partial charge >= 0.3 is 6.01 Å². The lowest BCUT2D eigenvalue weighted by atomic mass is 10.0. The molecule has 6 heteroatoms. The smallest absolute Gasteiger partial charge is 0.318 e. The van der Waals surface area contributed by atoms with E-state index in [1.165, 1.54) is 6.07 Å². The number of piperidine rings is 1. The summed E-state index contributed by atoms with van der Waals surface area (Å²) in [6.07, 6.45) is 3.79. The third kappa shape index (κ3) is 4.45. The summed E-state index contributed by atoms with van der Waals surface area (Å²) in [5.41, 5.74) is 0.754. The molecule has 0 atom stereocenters. The van der Waals surface area contributed by atoms with E-state index in [1.807, 2.05) is 25.1 Å². The van der Waals surface area contributed by atoms with E-state index >= 15 is 0 Å². The Balaban J connectivity index is 1.56. The third-order valence-electron chi connectivity index (χ3n) is 4.68. The highest BCUT2D eigenvalue weighted by Gasteiger charge is 2.24. The molecule has 2 heterocycles. The number of anilines is 1. The first-order valence-corrected chi connectivity index (χ1v) is 8.82. The van der Waals surface area contributed by atoms with Gasteiger partial charge in [-0.15, -0.1) is 0 Å². The minimum atomic E-state index is -0.128. The Morgan fingerprint density at radius 3 is 2.72 bits per heavy atom. The van der Waals surface area contributed by atoms with Crippen LogP contribution >= 0.6 is 0 Å². The Hall–Kier alpha value is -2.21. The quantitative estimate of drug-likeness (QED) is 0.805. The van der Waals surface area contributed by atoms with Crippen molar-refractivity contribution in [1.82, 2.24) is 14.9 Å². The van der Waals surface area contributed by atoms with Gasteiger partial charge in [-0.1, -0.05) is 18.2 Å². The molecule has 0 amide bonds. The topological polar surface area (TPSA) is 41.5 Å². The molecule has 0 aliphatic carbocycles. The maximum absolute atomic E-state index is 13.8. The molecule has 1 aromatic heterocycles. The van der Waals surface area contributed by atoms with E-state index in [4.69, 9.17) is 4.74 Å². The van der Waals surface area contributed by atoms with E-state index < -0.39 is 0 Å². The Morgan fingerprint density at radius 1 is 1.24 bits per heavy atom. The van der Waals surface area contributed by atoms with E-state index in [-0.39, 0.29) is 5.82 Å². The van der Waals surface area contributed by atoms with Gasteiger partial charge in [0, 0.05) is 37.4 Å². The van der Waals surface area contributed by atoms with E-state index in [0.29, 0.717) is 25.2 Å². The van der Waals surface area contributed by atoms with Crippen molar-refractivity contribution in [2.45, 2.75) is 32.4 Å². The molecule has 2 aromatic rings. The Morgan fingerprint density at radius 2 is 2.00 bits per heavy atom. The van der Waals surface area contributed by atoms with E-state index in [9.17, 15) is 4.39 Å². The number of aromatic nitrogens is 2. The molecule has 25 heavy (non-hydrogen) atoms. The second-order valence-electron chi connectivity index (χ2n) is 6.36. The summed E-state index contributed by atoms with van der Waals surface area (Å²) in [5, 5.41) is 0. The average Bonchev–Trinajstić information content (AvgIpc) is 2.64. The van der Waals surface area contributed by atoms with Gasteiger partial charge in [0.25, 0.3) is 0 Å². The SMILES string of the molecule is CCOc1nccc(N2CCC(N(C)Cc3ccccc3F)CC2)n1. The molecule has 1 fully saturated rings. The van der Waals surface area contributed by atoms with Crippen LogP contribution < -0.4 is 9.64 Å². The van der Waals surface area contributed by atoms with Crippen LogP contribution in [0.1, 0.15) is 25.3 Å². The molecule has 0 unspecified atom stereocenters. The maximum Gasteiger partial charge on any atom is 0.318 e. The first kappa shape index (κ1) is 17.6. The number of benzene rings is 1. The lowest BCUT2D eigenvalue weighted by Crippen LogP contribution is -2.43. The van der Waals surface area contributed by atoms with Gasteiger partial charge in [-0.25, -0.2) is 9.37 Å². The molecule has 0 spiro atoms. The first-order chi connectivity index (χ1) is 12.2. The number of ether oxygens (including phenoxy) is 1. The number of rotatable bonds is 6. The van der Waals surface area contributed by atoms with Gasteiger partial charge in [0.15, 0.2) is 0 Å². The summed E-state index contributed by atoms with van der Waals surface area (Å²) in [6.45, 7) is 4.97. The monoisotopic (exact) mass is 344 g/mol. The van der Waals surface area contributed by atoms with Crippen molar-refractivity contribution in [3.8, 4) is 6.01 Å². The van der Waals surface area contributed by atoms with Crippen LogP contribution in [-0.4, -0.2) is 47.7 Å².